The van der Waals surface area contributed by atoms with Crippen molar-refractivity contribution in [3.05, 3.63) is 12.2 Å². The van der Waals surface area contributed by atoms with Gasteiger partial charge in [-0.2, -0.15) is 0 Å². The Labute approximate surface area is 230 Å². The van der Waals surface area contributed by atoms with Crippen molar-refractivity contribution < 1.29 is 34.1 Å². The number of fused-ring (bicyclic) bond motifs is 1. The lowest BCUT2D eigenvalue weighted by Crippen LogP contribution is -2.42. The van der Waals surface area contributed by atoms with Crippen LogP contribution >= 0.6 is 0 Å². The van der Waals surface area contributed by atoms with Crippen LogP contribution in [0.25, 0.3) is 11.2 Å². The van der Waals surface area contributed by atoms with E-state index in [9.17, 15) is 24.6 Å². The van der Waals surface area contributed by atoms with Crippen molar-refractivity contribution in [3.8, 4) is 0 Å². The highest BCUT2D eigenvalue weighted by molar-refractivity contribution is 5.83. The number of likely N-dealkylation sites (tertiary alicyclic amines) is 2. The van der Waals surface area contributed by atoms with Gasteiger partial charge < -0.3 is 40.5 Å². The maximum Gasteiger partial charge on any atom is 0.409 e. The number of hydrogen-bond donors (Lipinski definition) is 4. The molecule has 3 aliphatic heterocycles. The Hall–Kier alpha value is -3.56. The smallest absolute Gasteiger partial charge is 0.409 e. The van der Waals surface area contributed by atoms with Crippen molar-refractivity contribution in [2.24, 2.45) is 5.92 Å². The lowest BCUT2D eigenvalue weighted by atomic mass is 9.93. The number of aliphatic hydroxyl groups is 2. The standard InChI is InChI=1S/C25H36N8O7/c1-3-27-23(37)20-18(35)19(36)24(40-20)33-12-28-17-21(26)29-15(30-22(17)33)10-13-6-8-32(9-7-13)25(38)39-11-14-4-5-16(34)31(14)2/h12-14,18-20,24,35-36H,3-11H2,1-2H3,(H,27,37)(H2,26,29,30)/t14?,18?,19?,20-,24+/m0/s1. The van der Waals surface area contributed by atoms with Gasteiger partial charge in [-0.25, -0.2) is 19.7 Å². The SMILES string of the molecule is CCNC(=O)[C@H]1O[C@@H](n2cnc3c(N)nc(CC4CCN(C(=O)OCC5CCC(=O)N5C)CC4)nc32)C(O)C1O. The van der Waals surface area contributed by atoms with E-state index >= 15 is 0 Å². The van der Waals surface area contributed by atoms with E-state index in [2.05, 4.69) is 20.3 Å². The number of carbonyl (C=O) groups excluding carboxylic acids is 3. The van der Waals surface area contributed by atoms with E-state index in [0.29, 0.717) is 55.9 Å². The fourth-order valence-corrected chi connectivity index (χ4v) is 5.54. The molecule has 0 radical (unpaired) electrons. The summed E-state index contributed by atoms with van der Waals surface area (Å²) in [4.78, 5) is 53.1. The van der Waals surface area contributed by atoms with Gasteiger partial charge in [0.25, 0.3) is 5.91 Å². The normalized spacial score (nSPS) is 27.5. The first-order chi connectivity index (χ1) is 19.2. The second-order valence-corrected chi connectivity index (χ2v) is 10.6. The predicted molar refractivity (Wildman–Crippen MR) is 139 cm³/mol. The largest absolute Gasteiger partial charge is 0.447 e. The number of piperidine rings is 1. The number of ether oxygens (including phenoxy) is 2. The van der Waals surface area contributed by atoms with E-state index < -0.39 is 30.4 Å². The first-order valence-corrected chi connectivity index (χ1v) is 13.6. The number of aromatic nitrogens is 4. The maximum absolute atomic E-state index is 12.6. The Balaban J connectivity index is 1.21. The third-order valence-corrected chi connectivity index (χ3v) is 7.99. The first kappa shape index (κ1) is 28.0. The van der Waals surface area contributed by atoms with Crippen LogP contribution in [0, 0.1) is 5.92 Å². The highest BCUT2D eigenvalue weighted by atomic mass is 16.6. The topological polar surface area (TPSA) is 198 Å². The van der Waals surface area contributed by atoms with Gasteiger partial charge in [-0.1, -0.05) is 0 Å². The minimum Gasteiger partial charge on any atom is -0.447 e. The summed E-state index contributed by atoms with van der Waals surface area (Å²) in [5, 5.41) is 23.6. The van der Waals surface area contributed by atoms with Crippen molar-refractivity contribution in [1.29, 1.82) is 0 Å². The van der Waals surface area contributed by atoms with Gasteiger partial charge in [0.15, 0.2) is 23.8 Å². The van der Waals surface area contributed by atoms with E-state index in [-0.39, 0.29) is 36.4 Å². The number of imidazole rings is 1. The fourth-order valence-electron chi connectivity index (χ4n) is 5.54. The number of carbonyl (C=O) groups is 3. The molecule has 3 amide bonds. The number of aliphatic hydroxyl groups excluding tert-OH is 2. The second kappa shape index (κ2) is 11.5. The molecule has 3 unspecified atom stereocenters. The molecule has 0 aliphatic carbocycles. The molecule has 0 aromatic carbocycles. The number of hydrogen-bond acceptors (Lipinski definition) is 11. The summed E-state index contributed by atoms with van der Waals surface area (Å²) in [6.07, 6.45) is -0.987. The molecule has 2 aromatic heterocycles. The molecule has 5 N–H and O–H groups in total. The van der Waals surface area contributed by atoms with Gasteiger partial charge in [0.05, 0.1) is 12.4 Å². The molecule has 15 heteroatoms. The summed E-state index contributed by atoms with van der Waals surface area (Å²) in [6, 6.07) is -0.0710. The number of nitrogen functional groups attached to an aromatic ring is 1. The average Bonchev–Trinajstić information content (AvgIpc) is 3.59. The zero-order chi connectivity index (χ0) is 28.6. The monoisotopic (exact) mass is 560 g/mol. The summed E-state index contributed by atoms with van der Waals surface area (Å²) in [6.45, 7) is 3.35. The molecular formula is C25H36N8O7. The molecule has 5 rings (SSSR count). The highest BCUT2D eigenvalue weighted by Gasteiger charge is 2.47. The molecular weight excluding hydrogens is 524 g/mol. The summed E-state index contributed by atoms with van der Waals surface area (Å²) in [7, 11) is 1.73. The lowest BCUT2D eigenvalue weighted by molar-refractivity contribution is -0.137. The van der Waals surface area contributed by atoms with Gasteiger partial charge in [-0.3, -0.25) is 14.2 Å². The minimum atomic E-state index is -1.42. The van der Waals surface area contributed by atoms with Crippen LogP contribution < -0.4 is 11.1 Å². The number of nitrogens with zero attached hydrogens (tertiary/aromatic N) is 6. The number of likely N-dealkylation sites (N-methyl/N-ethyl adjacent to an activating group) is 2. The Morgan fingerprint density at radius 3 is 2.62 bits per heavy atom. The van der Waals surface area contributed by atoms with E-state index in [1.54, 1.807) is 23.8 Å². The third-order valence-electron chi connectivity index (χ3n) is 7.99. The van der Waals surface area contributed by atoms with Crippen LogP contribution in [0.3, 0.4) is 0 Å². The number of rotatable bonds is 7. The van der Waals surface area contributed by atoms with Crippen LogP contribution in [0.2, 0.25) is 0 Å². The second-order valence-electron chi connectivity index (χ2n) is 10.6. The van der Waals surface area contributed by atoms with Gasteiger partial charge in [-0.05, 0) is 32.1 Å². The van der Waals surface area contributed by atoms with Crippen LogP contribution in [0.5, 0.6) is 0 Å². The molecule has 218 valence electrons. The molecule has 5 atom stereocenters. The lowest BCUT2D eigenvalue weighted by Gasteiger charge is -2.31. The highest BCUT2D eigenvalue weighted by Crippen LogP contribution is 2.33. The summed E-state index contributed by atoms with van der Waals surface area (Å²) < 4.78 is 12.7. The quantitative estimate of drug-likeness (QED) is 0.330. The predicted octanol–water partition coefficient (Wildman–Crippen LogP) is -0.824. The summed E-state index contributed by atoms with van der Waals surface area (Å²) in [5.41, 5.74) is 6.83. The molecule has 0 saturated carbocycles. The van der Waals surface area contributed by atoms with Crippen LogP contribution in [0.15, 0.2) is 6.33 Å². The Morgan fingerprint density at radius 1 is 1.20 bits per heavy atom. The van der Waals surface area contributed by atoms with Crippen molar-refractivity contribution in [2.45, 2.75) is 69.6 Å². The van der Waals surface area contributed by atoms with Gasteiger partial charge in [0, 0.05) is 39.5 Å². The Bertz CT molecular complexity index is 1260. The molecule has 15 nitrogen and oxygen atoms in total. The van der Waals surface area contributed by atoms with Crippen molar-refractivity contribution in [2.75, 3.05) is 39.0 Å². The number of anilines is 1. The van der Waals surface area contributed by atoms with E-state index in [0.717, 1.165) is 12.8 Å². The Kier molecular flexibility index (Phi) is 8.05. The third kappa shape index (κ3) is 5.40. The molecule has 3 fully saturated rings. The zero-order valence-electron chi connectivity index (χ0n) is 22.6. The van der Waals surface area contributed by atoms with E-state index in [4.69, 9.17) is 15.2 Å². The van der Waals surface area contributed by atoms with Gasteiger partial charge in [0.1, 0.15) is 30.2 Å². The average molecular weight is 561 g/mol. The maximum atomic E-state index is 12.6. The van der Waals surface area contributed by atoms with Crippen LogP contribution in [-0.4, -0.2) is 115 Å². The first-order valence-electron chi connectivity index (χ1n) is 13.6. The summed E-state index contributed by atoms with van der Waals surface area (Å²) in [5.74, 6) is 0.401. The minimum absolute atomic E-state index is 0.0686. The summed E-state index contributed by atoms with van der Waals surface area (Å²) >= 11 is 0. The van der Waals surface area contributed by atoms with Crippen molar-refractivity contribution >= 4 is 34.9 Å². The number of nitrogens with two attached hydrogens (primary N) is 1. The van der Waals surface area contributed by atoms with Gasteiger partial charge >= 0.3 is 6.09 Å². The number of nitrogens with one attached hydrogen (secondary N) is 1. The van der Waals surface area contributed by atoms with Crippen molar-refractivity contribution in [3.63, 3.8) is 0 Å². The van der Waals surface area contributed by atoms with Crippen LogP contribution in [-0.2, 0) is 25.5 Å². The zero-order valence-corrected chi connectivity index (χ0v) is 22.6. The fraction of sp³-hybridized carbons (Fsp3) is 0.680. The van der Waals surface area contributed by atoms with Gasteiger partial charge in [0.2, 0.25) is 5.91 Å². The van der Waals surface area contributed by atoms with Crippen LogP contribution in [0.1, 0.15) is 44.7 Å². The molecule has 0 bridgehead atoms. The molecule has 40 heavy (non-hydrogen) atoms. The van der Waals surface area contributed by atoms with E-state index in [1.165, 1.54) is 10.9 Å². The van der Waals surface area contributed by atoms with Crippen LogP contribution in [0.4, 0.5) is 10.6 Å². The molecule has 0 spiro atoms. The number of amides is 3. The van der Waals surface area contributed by atoms with Crippen molar-refractivity contribution in [1.82, 2.24) is 34.6 Å². The molecule has 3 aliphatic rings. The van der Waals surface area contributed by atoms with Gasteiger partial charge in [-0.15, -0.1) is 0 Å². The molecule has 2 aromatic rings. The molecule has 5 heterocycles. The molecule has 3 saturated heterocycles. The Morgan fingerprint density at radius 2 is 1.95 bits per heavy atom. The van der Waals surface area contributed by atoms with E-state index in [1.807, 2.05) is 0 Å².